The monoisotopic (exact) mass is 578 g/mol. The third kappa shape index (κ3) is 8.16. The van der Waals surface area contributed by atoms with Gasteiger partial charge in [0.15, 0.2) is 0 Å². The van der Waals surface area contributed by atoms with E-state index in [-0.39, 0.29) is 9.79 Å². The van der Waals surface area contributed by atoms with Gasteiger partial charge in [-0.1, -0.05) is 52.4 Å². The van der Waals surface area contributed by atoms with Crippen molar-refractivity contribution in [1.82, 2.24) is 0 Å². The van der Waals surface area contributed by atoms with Crippen molar-refractivity contribution in [1.29, 1.82) is 0 Å². The van der Waals surface area contributed by atoms with Crippen LogP contribution in [-0.4, -0.2) is 39.2 Å². The number of unbranched alkanes of at least 4 members (excludes halogenated alkanes) is 6. The van der Waals surface area contributed by atoms with E-state index in [0.717, 1.165) is 51.4 Å². The highest BCUT2D eigenvalue weighted by atomic mass is 32.3. The SMILES string of the molecule is CCCCCCOc1cc(C)c(S(=O)(=O)C(=[N+]=[N-])S(=O)(=O)c2cc(C)c(OCCCCCC)cc2C)cc1C. The second-order valence-corrected chi connectivity index (χ2v) is 13.9. The van der Waals surface area contributed by atoms with Crippen molar-refractivity contribution in [3.05, 3.63) is 52.1 Å². The van der Waals surface area contributed by atoms with Crippen LogP contribution in [0.3, 0.4) is 0 Å². The van der Waals surface area contributed by atoms with Gasteiger partial charge in [-0.15, -0.1) is 4.79 Å². The summed E-state index contributed by atoms with van der Waals surface area (Å²) in [7, 11) is -9.39. The number of hydrogen-bond acceptors (Lipinski definition) is 6. The number of ether oxygens (including phenoxy) is 2. The molecule has 0 spiro atoms. The number of sulfone groups is 2. The third-order valence-electron chi connectivity index (χ3n) is 6.58. The zero-order valence-corrected chi connectivity index (χ0v) is 25.7. The quantitative estimate of drug-likeness (QED) is 0.0811. The molecule has 0 atom stereocenters. The van der Waals surface area contributed by atoms with Gasteiger partial charge in [0.1, 0.15) is 11.5 Å². The van der Waals surface area contributed by atoms with Gasteiger partial charge in [0.25, 0.3) is 19.7 Å². The molecule has 0 bridgehead atoms. The first-order valence-electron chi connectivity index (χ1n) is 13.6. The molecule has 39 heavy (non-hydrogen) atoms. The lowest BCUT2D eigenvalue weighted by Crippen LogP contribution is -2.27. The molecule has 2 aromatic rings. The first kappa shape index (κ1) is 32.5. The average molecular weight is 579 g/mol. The standard InChI is InChI=1S/C29H42N2O6S2/c1-7-9-11-13-15-36-25-17-23(5)27(19-21(25)3)38(32,33)29(31-30)39(34,35)28-20-22(4)26(18-24(28)6)37-16-14-12-10-8-2/h17-20H,7-16H2,1-6H3. The highest BCUT2D eigenvalue weighted by molar-refractivity contribution is 8.31. The van der Waals surface area contributed by atoms with Crippen LogP contribution in [0.15, 0.2) is 34.1 Å². The number of nitrogens with zero attached hydrogens (tertiary/aromatic N) is 2. The van der Waals surface area contributed by atoms with Crippen LogP contribution < -0.4 is 9.47 Å². The molecular formula is C29H42N2O6S2. The summed E-state index contributed by atoms with van der Waals surface area (Å²) in [6, 6.07) is 5.87. The van der Waals surface area contributed by atoms with E-state index in [2.05, 4.69) is 18.6 Å². The first-order valence-corrected chi connectivity index (χ1v) is 16.6. The Bertz CT molecular complexity index is 1310. The van der Waals surface area contributed by atoms with Gasteiger partial charge in [0, 0.05) is 0 Å². The van der Waals surface area contributed by atoms with Crippen molar-refractivity contribution < 1.29 is 31.1 Å². The lowest BCUT2D eigenvalue weighted by molar-refractivity contribution is 0.00379. The molecule has 8 nitrogen and oxygen atoms in total. The van der Waals surface area contributed by atoms with Crippen molar-refractivity contribution in [3.63, 3.8) is 0 Å². The molecule has 10 heteroatoms. The third-order valence-corrected chi connectivity index (χ3v) is 11.0. The Morgan fingerprint density at radius 1 is 0.641 bits per heavy atom. The predicted octanol–water partition coefficient (Wildman–Crippen LogP) is 6.67. The number of hydrogen-bond donors (Lipinski definition) is 0. The minimum Gasteiger partial charge on any atom is -0.493 e. The summed E-state index contributed by atoms with van der Waals surface area (Å²) in [6.45, 7) is 11.7. The van der Waals surface area contributed by atoms with Crippen LogP contribution in [0.1, 0.15) is 87.5 Å². The second kappa shape index (κ2) is 14.6. The molecule has 0 saturated carbocycles. The van der Waals surface area contributed by atoms with Gasteiger partial charge in [-0.05, 0) is 87.1 Å². The van der Waals surface area contributed by atoms with Gasteiger partial charge in [0.2, 0.25) is 0 Å². The Balaban J connectivity index is 2.37. The minimum atomic E-state index is -4.70. The summed E-state index contributed by atoms with van der Waals surface area (Å²) in [5, 5.41) is 0. The maximum atomic E-state index is 13.6. The molecule has 0 aliphatic rings. The Labute approximate surface area is 234 Å². The van der Waals surface area contributed by atoms with Crippen molar-refractivity contribution in [3.8, 4) is 11.5 Å². The van der Waals surface area contributed by atoms with Gasteiger partial charge < -0.3 is 15.0 Å². The minimum absolute atomic E-state index is 0.254. The summed E-state index contributed by atoms with van der Waals surface area (Å²) in [5.74, 6) is 1.06. The van der Waals surface area contributed by atoms with Gasteiger partial charge in [-0.25, -0.2) is 16.8 Å². The zero-order chi connectivity index (χ0) is 29.2. The molecule has 2 rings (SSSR count). The summed E-state index contributed by atoms with van der Waals surface area (Å²) in [5.41, 5.74) is 11.4. The van der Waals surface area contributed by atoms with Gasteiger partial charge in [-0.3, -0.25) is 0 Å². The van der Waals surface area contributed by atoms with E-state index < -0.39 is 24.1 Å². The molecule has 2 aromatic carbocycles. The summed E-state index contributed by atoms with van der Waals surface area (Å²) in [6.07, 6.45) is 8.30. The molecule has 0 aliphatic carbocycles. The molecule has 0 fully saturated rings. The van der Waals surface area contributed by atoms with Crippen LogP contribution in [0.25, 0.3) is 5.53 Å². The van der Waals surface area contributed by atoms with E-state index >= 15 is 0 Å². The van der Waals surface area contributed by atoms with Crippen LogP contribution >= 0.6 is 0 Å². The molecule has 0 saturated heterocycles. The van der Waals surface area contributed by atoms with Crippen LogP contribution in [0.2, 0.25) is 0 Å². The molecule has 0 aliphatic heterocycles. The summed E-state index contributed by atoms with van der Waals surface area (Å²) >= 11 is 0. The number of benzene rings is 2. The molecule has 0 unspecified atom stereocenters. The van der Waals surface area contributed by atoms with Gasteiger partial charge in [-0.2, -0.15) is 0 Å². The van der Waals surface area contributed by atoms with Crippen LogP contribution in [0.4, 0.5) is 0 Å². The van der Waals surface area contributed by atoms with E-state index in [1.807, 2.05) is 0 Å². The molecule has 0 amide bonds. The molecular weight excluding hydrogens is 536 g/mol. The zero-order valence-electron chi connectivity index (χ0n) is 24.0. The van der Waals surface area contributed by atoms with E-state index in [0.29, 0.717) is 47.0 Å². The molecule has 0 N–H and O–H groups in total. The van der Waals surface area contributed by atoms with Crippen LogP contribution in [-0.2, 0) is 19.7 Å². The van der Waals surface area contributed by atoms with Crippen LogP contribution in [0.5, 0.6) is 11.5 Å². The van der Waals surface area contributed by atoms with Crippen molar-refractivity contribution in [2.75, 3.05) is 13.2 Å². The summed E-state index contributed by atoms with van der Waals surface area (Å²) in [4.78, 5) is 2.30. The number of aryl methyl sites for hydroxylation is 4. The molecule has 0 heterocycles. The first-order chi connectivity index (χ1) is 18.4. The fourth-order valence-electron chi connectivity index (χ4n) is 4.28. The Hall–Kier alpha value is -2.68. The maximum Gasteiger partial charge on any atom is 0.504 e. The Morgan fingerprint density at radius 3 is 1.36 bits per heavy atom. The van der Waals surface area contributed by atoms with Gasteiger partial charge >= 0.3 is 4.38 Å². The lowest BCUT2D eigenvalue weighted by atomic mass is 10.1. The molecule has 0 aromatic heterocycles. The van der Waals surface area contributed by atoms with Crippen molar-refractivity contribution >= 4 is 24.1 Å². The van der Waals surface area contributed by atoms with Crippen molar-refractivity contribution in [2.24, 2.45) is 0 Å². The van der Waals surface area contributed by atoms with Crippen LogP contribution in [0, 0.1) is 27.7 Å². The maximum absolute atomic E-state index is 13.6. The fraction of sp³-hybridized carbons (Fsp3) is 0.552. The van der Waals surface area contributed by atoms with Gasteiger partial charge in [0.05, 0.1) is 23.0 Å². The van der Waals surface area contributed by atoms with Crippen molar-refractivity contribution in [2.45, 2.75) is 103 Å². The normalized spacial score (nSPS) is 11.7. The predicted molar refractivity (Wildman–Crippen MR) is 154 cm³/mol. The van der Waals surface area contributed by atoms with E-state index in [1.165, 1.54) is 12.1 Å². The van der Waals surface area contributed by atoms with E-state index in [1.54, 1.807) is 39.8 Å². The highest BCUT2D eigenvalue weighted by Crippen LogP contribution is 2.32. The Morgan fingerprint density at radius 2 is 1.03 bits per heavy atom. The fourth-order valence-corrected chi connectivity index (χ4v) is 8.19. The smallest absolute Gasteiger partial charge is 0.493 e. The largest absolute Gasteiger partial charge is 0.504 e. The topological polar surface area (TPSA) is 123 Å². The molecule has 0 radical (unpaired) electrons. The second-order valence-electron chi connectivity index (χ2n) is 9.96. The highest BCUT2D eigenvalue weighted by Gasteiger charge is 2.45. The Kier molecular flexibility index (Phi) is 12.2. The molecule has 216 valence electrons. The average Bonchev–Trinajstić information content (AvgIpc) is 2.87. The lowest BCUT2D eigenvalue weighted by Gasteiger charge is -2.14. The summed E-state index contributed by atoms with van der Waals surface area (Å²) < 4.78 is 64.6. The van der Waals surface area contributed by atoms with E-state index in [4.69, 9.17) is 9.47 Å². The van der Waals surface area contributed by atoms with E-state index in [9.17, 15) is 22.4 Å². The number of rotatable bonds is 14.